The Morgan fingerprint density at radius 1 is 1.04 bits per heavy atom. The molecule has 0 radical (unpaired) electrons. The van der Waals surface area contributed by atoms with E-state index in [4.69, 9.17) is 11.6 Å². The van der Waals surface area contributed by atoms with Crippen LogP contribution in [-0.2, 0) is 0 Å². The van der Waals surface area contributed by atoms with E-state index in [1.54, 1.807) is 36.5 Å². The minimum atomic E-state index is -0.241. The number of thiazole rings is 1. The lowest BCUT2D eigenvalue weighted by atomic mass is 10.2. The molecule has 1 saturated heterocycles. The van der Waals surface area contributed by atoms with Gasteiger partial charge in [0, 0.05) is 29.9 Å². The summed E-state index contributed by atoms with van der Waals surface area (Å²) in [4.78, 5) is 31.6. The van der Waals surface area contributed by atoms with E-state index >= 15 is 0 Å². The number of aromatic nitrogens is 1. The van der Waals surface area contributed by atoms with Crippen LogP contribution in [0.2, 0.25) is 5.02 Å². The van der Waals surface area contributed by atoms with Gasteiger partial charge in [0.15, 0.2) is 0 Å². The van der Waals surface area contributed by atoms with Crippen molar-refractivity contribution in [3.05, 3.63) is 70.2 Å². The van der Waals surface area contributed by atoms with E-state index < -0.39 is 0 Å². The molecule has 2 aromatic carbocycles. The van der Waals surface area contributed by atoms with Gasteiger partial charge in [0.05, 0.1) is 11.2 Å². The van der Waals surface area contributed by atoms with Crippen LogP contribution in [0.15, 0.2) is 54.7 Å². The lowest BCUT2D eigenvalue weighted by molar-refractivity contribution is 0.0792. The number of amides is 2. The smallest absolute Gasteiger partial charge is 0.267 e. The Balaban J connectivity index is 1.44. The maximum Gasteiger partial charge on any atom is 0.267 e. The second-order valence-electron chi connectivity index (χ2n) is 6.54. The van der Waals surface area contributed by atoms with Gasteiger partial charge in [-0.05, 0) is 43.2 Å². The molecule has 0 bridgehead atoms. The summed E-state index contributed by atoms with van der Waals surface area (Å²) in [5.74, 6) is -0.198. The number of carbonyl (C=O) groups is 2. The second kappa shape index (κ2) is 8.12. The molecule has 0 spiro atoms. The molecule has 28 heavy (non-hydrogen) atoms. The molecular weight excluding hydrogens is 394 g/mol. The van der Waals surface area contributed by atoms with Crippen molar-refractivity contribution < 1.29 is 9.59 Å². The molecule has 0 atom stereocenters. The standard InChI is InChI=1S/C21H18ClN3O2S/c22-17-6-2-1-5-16(17)20-23-13-18(28-20)19(26)24-15-9-7-14(8-10-15)21(27)25-11-3-4-12-25/h1-2,5-10,13H,3-4,11-12H2,(H,24,26). The Morgan fingerprint density at radius 2 is 1.75 bits per heavy atom. The molecule has 142 valence electrons. The molecule has 1 fully saturated rings. The first-order valence-electron chi connectivity index (χ1n) is 9.03. The van der Waals surface area contributed by atoms with E-state index in [-0.39, 0.29) is 11.8 Å². The molecular formula is C21H18ClN3O2S. The molecule has 2 amide bonds. The first-order valence-corrected chi connectivity index (χ1v) is 10.2. The molecule has 1 N–H and O–H groups in total. The molecule has 0 unspecified atom stereocenters. The van der Waals surface area contributed by atoms with E-state index in [0.717, 1.165) is 31.5 Å². The number of hydrogen-bond donors (Lipinski definition) is 1. The summed E-state index contributed by atoms with van der Waals surface area (Å²) in [6.45, 7) is 1.63. The van der Waals surface area contributed by atoms with Crippen LogP contribution in [-0.4, -0.2) is 34.8 Å². The van der Waals surface area contributed by atoms with Crippen molar-refractivity contribution in [2.75, 3.05) is 18.4 Å². The second-order valence-corrected chi connectivity index (χ2v) is 7.98. The number of likely N-dealkylation sites (tertiary alicyclic amines) is 1. The zero-order chi connectivity index (χ0) is 19.5. The lowest BCUT2D eigenvalue weighted by Gasteiger charge is -2.15. The fourth-order valence-corrected chi connectivity index (χ4v) is 4.26. The van der Waals surface area contributed by atoms with Gasteiger partial charge < -0.3 is 10.2 Å². The fourth-order valence-electron chi connectivity index (χ4n) is 3.13. The molecule has 0 saturated carbocycles. The van der Waals surface area contributed by atoms with Crippen molar-refractivity contribution in [3.63, 3.8) is 0 Å². The van der Waals surface area contributed by atoms with Crippen LogP contribution < -0.4 is 5.32 Å². The van der Waals surface area contributed by atoms with Crippen LogP contribution in [0.4, 0.5) is 5.69 Å². The first kappa shape index (κ1) is 18.7. The van der Waals surface area contributed by atoms with Crippen LogP contribution in [0.25, 0.3) is 10.6 Å². The first-order chi connectivity index (χ1) is 13.6. The summed E-state index contributed by atoms with van der Waals surface area (Å²) in [5, 5.41) is 4.14. The number of anilines is 1. The van der Waals surface area contributed by atoms with Crippen molar-refractivity contribution in [2.24, 2.45) is 0 Å². The summed E-state index contributed by atoms with van der Waals surface area (Å²) in [6, 6.07) is 14.4. The average molecular weight is 412 g/mol. The third kappa shape index (κ3) is 3.93. The average Bonchev–Trinajstić information content (AvgIpc) is 3.41. The summed E-state index contributed by atoms with van der Waals surface area (Å²) in [5.41, 5.74) is 2.08. The number of halogens is 1. The quantitative estimate of drug-likeness (QED) is 0.660. The topological polar surface area (TPSA) is 62.3 Å². The fraction of sp³-hybridized carbons (Fsp3) is 0.190. The Labute approximate surface area is 172 Å². The van der Waals surface area contributed by atoms with Crippen molar-refractivity contribution in [3.8, 4) is 10.6 Å². The molecule has 4 rings (SSSR count). The molecule has 1 aromatic heterocycles. The third-order valence-corrected chi connectivity index (χ3v) is 5.98. The van der Waals surface area contributed by atoms with E-state index in [2.05, 4.69) is 10.3 Å². The Morgan fingerprint density at radius 3 is 2.46 bits per heavy atom. The number of nitrogens with one attached hydrogen (secondary N) is 1. The summed E-state index contributed by atoms with van der Waals surface area (Å²) in [7, 11) is 0. The van der Waals surface area contributed by atoms with Crippen molar-refractivity contribution in [1.82, 2.24) is 9.88 Å². The summed E-state index contributed by atoms with van der Waals surface area (Å²) >= 11 is 7.48. The SMILES string of the molecule is O=C(Nc1ccc(C(=O)N2CCCC2)cc1)c1cnc(-c2ccccc2Cl)s1. The van der Waals surface area contributed by atoms with Gasteiger partial charge in [-0.2, -0.15) is 0 Å². The van der Waals surface area contributed by atoms with Crippen molar-refractivity contribution in [2.45, 2.75) is 12.8 Å². The number of benzene rings is 2. The molecule has 5 nitrogen and oxygen atoms in total. The van der Waals surface area contributed by atoms with Crippen LogP contribution in [0.5, 0.6) is 0 Å². The zero-order valence-electron chi connectivity index (χ0n) is 15.0. The molecule has 0 aliphatic carbocycles. The number of carbonyl (C=O) groups excluding carboxylic acids is 2. The third-order valence-electron chi connectivity index (χ3n) is 4.62. The number of nitrogens with zero attached hydrogens (tertiary/aromatic N) is 2. The Bertz CT molecular complexity index is 1010. The van der Waals surface area contributed by atoms with Gasteiger partial charge in [0.2, 0.25) is 0 Å². The Kier molecular flexibility index (Phi) is 5.41. The van der Waals surface area contributed by atoms with Gasteiger partial charge in [-0.3, -0.25) is 9.59 Å². The highest BCUT2D eigenvalue weighted by molar-refractivity contribution is 7.17. The highest BCUT2D eigenvalue weighted by Gasteiger charge is 2.19. The Hall–Kier alpha value is -2.70. The van der Waals surface area contributed by atoms with E-state index in [1.165, 1.54) is 11.3 Å². The van der Waals surface area contributed by atoms with Crippen LogP contribution in [0.3, 0.4) is 0 Å². The van der Waals surface area contributed by atoms with Crippen molar-refractivity contribution >= 4 is 40.4 Å². The van der Waals surface area contributed by atoms with Crippen molar-refractivity contribution in [1.29, 1.82) is 0 Å². The van der Waals surface area contributed by atoms with E-state index in [0.29, 0.717) is 26.2 Å². The molecule has 7 heteroatoms. The van der Waals surface area contributed by atoms with Gasteiger partial charge in [-0.1, -0.05) is 29.8 Å². The molecule has 1 aliphatic heterocycles. The number of hydrogen-bond acceptors (Lipinski definition) is 4. The van der Waals surface area contributed by atoms with Gasteiger partial charge in [-0.15, -0.1) is 11.3 Å². The normalized spacial score (nSPS) is 13.5. The molecule has 1 aliphatic rings. The highest BCUT2D eigenvalue weighted by atomic mass is 35.5. The summed E-state index contributed by atoms with van der Waals surface area (Å²) < 4.78 is 0. The maximum atomic E-state index is 12.5. The van der Waals surface area contributed by atoms with Gasteiger partial charge in [-0.25, -0.2) is 4.98 Å². The molecule has 2 heterocycles. The number of rotatable bonds is 4. The highest BCUT2D eigenvalue weighted by Crippen LogP contribution is 2.31. The van der Waals surface area contributed by atoms with Crippen LogP contribution >= 0.6 is 22.9 Å². The lowest BCUT2D eigenvalue weighted by Crippen LogP contribution is -2.27. The van der Waals surface area contributed by atoms with Gasteiger partial charge >= 0.3 is 0 Å². The van der Waals surface area contributed by atoms with Crippen LogP contribution in [0.1, 0.15) is 32.9 Å². The van der Waals surface area contributed by atoms with E-state index in [1.807, 2.05) is 23.1 Å². The predicted molar refractivity (Wildman–Crippen MR) is 112 cm³/mol. The summed E-state index contributed by atoms with van der Waals surface area (Å²) in [6.07, 6.45) is 3.67. The van der Waals surface area contributed by atoms with Crippen LogP contribution in [0, 0.1) is 0 Å². The maximum absolute atomic E-state index is 12.5. The minimum absolute atomic E-state index is 0.0437. The van der Waals surface area contributed by atoms with Gasteiger partial charge in [0.1, 0.15) is 9.88 Å². The predicted octanol–water partition coefficient (Wildman–Crippen LogP) is 4.95. The minimum Gasteiger partial charge on any atom is -0.339 e. The monoisotopic (exact) mass is 411 g/mol. The zero-order valence-corrected chi connectivity index (χ0v) is 16.6. The van der Waals surface area contributed by atoms with Gasteiger partial charge in [0.25, 0.3) is 11.8 Å². The largest absolute Gasteiger partial charge is 0.339 e. The van der Waals surface area contributed by atoms with E-state index in [9.17, 15) is 9.59 Å². The molecule has 3 aromatic rings.